The molecule has 0 atom stereocenters. The molecule has 1 amide bonds. The number of nitrogens with one attached hydrogen (secondary N) is 2. The summed E-state index contributed by atoms with van der Waals surface area (Å²) in [5, 5.41) is 15.1. The summed E-state index contributed by atoms with van der Waals surface area (Å²) in [6.07, 6.45) is 2.53. The van der Waals surface area contributed by atoms with Gasteiger partial charge in [-0.1, -0.05) is 29.8 Å². The van der Waals surface area contributed by atoms with Gasteiger partial charge in [-0.05, 0) is 30.2 Å². The first-order valence-corrected chi connectivity index (χ1v) is 7.71. The van der Waals surface area contributed by atoms with Gasteiger partial charge in [-0.15, -0.1) is 0 Å². The molecule has 3 rings (SSSR count). The van der Waals surface area contributed by atoms with E-state index in [1.807, 2.05) is 30.5 Å². The highest BCUT2D eigenvalue weighted by atomic mass is 35.5. The van der Waals surface area contributed by atoms with Gasteiger partial charge in [0, 0.05) is 34.7 Å². The molecule has 0 unspecified atom stereocenters. The van der Waals surface area contributed by atoms with Crippen molar-refractivity contribution in [1.29, 1.82) is 0 Å². The molecule has 2 aromatic carbocycles. The molecule has 6 nitrogen and oxygen atoms in total. The Bertz CT molecular complexity index is 920. The Morgan fingerprint density at radius 3 is 2.83 bits per heavy atom. The molecule has 0 aliphatic carbocycles. The molecule has 1 heterocycles. The molecule has 24 heavy (non-hydrogen) atoms. The first kappa shape index (κ1) is 16.0. The van der Waals surface area contributed by atoms with E-state index in [9.17, 15) is 14.9 Å². The minimum atomic E-state index is -0.611. The quantitative estimate of drug-likeness (QED) is 0.547. The third-order valence-electron chi connectivity index (χ3n) is 3.76. The van der Waals surface area contributed by atoms with Crippen LogP contribution in [0.4, 0.5) is 5.69 Å². The number of fused-ring (bicyclic) bond motifs is 1. The lowest BCUT2D eigenvalue weighted by Gasteiger charge is -2.06. The fourth-order valence-electron chi connectivity index (χ4n) is 2.59. The number of nitro benzene ring substituents is 1. The number of aromatic amines is 1. The molecule has 0 bridgehead atoms. The van der Waals surface area contributed by atoms with Gasteiger partial charge in [0.2, 0.25) is 0 Å². The van der Waals surface area contributed by atoms with Gasteiger partial charge < -0.3 is 10.3 Å². The van der Waals surface area contributed by atoms with Crippen LogP contribution >= 0.6 is 11.6 Å². The smallest absolute Gasteiger partial charge is 0.283 e. The lowest BCUT2D eigenvalue weighted by molar-refractivity contribution is -0.385. The van der Waals surface area contributed by atoms with E-state index >= 15 is 0 Å². The van der Waals surface area contributed by atoms with Crippen molar-refractivity contribution in [3.8, 4) is 0 Å². The van der Waals surface area contributed by atoms with E-state index in [4.69, 9.17) is 11.6 Å². The second-order valence-electron chi connectivity index (χ2n) is 5.28. The number of rotatable bonds is 5. The zero-order valence-corrected chi connectivity index (χ0v) is 13.3. The largest absolute Gasteiger partial charge is 0.361 e. The first-order chi connectivity index (χ1) is 11.6. The SMILES string of the molecule is O=C(NCCc1c[nH]c2ccccc12)c1ccc(Cl)cc1[N+](=O)[O-]. The van der Waals surface area contributed by atoms with E-state index in [2.05, 4.69) is 10.3 Å². The molecule has 7 heteroatoms. The second-order valence-corrected chi connectivity index (χ2v) is 5.72. The van der Waals surface area contributed by atoms with Crippen LogP contribution in [0.5, 0.6) is 0 Å². The van der Waals surface area contributed by atoms with Crippen molar-refractivity contribution in [2.24, 2.45) is 0 Å². The number of hydrogen-bond donors (Lipinski definition) is 2. The van der Waals surface area contributed by atoms with Crippen LogP contribution in [-0.2, 0) is 6.42 Å². The monoisotopic (exact) mass is 343 g/mol. The number of halogens is 1. The zero-order valence-electron chi connectivity index (χ0n) is 12.6. The van der Waals surface area contributed by atoms with Gasteiger partial charge >= 0.3 is 0 Å². The summed E-state index contributed by atoms with van der Waals surface area (Å²) in [5.41, 5.74) is 1.82. The molecule has 0 spiro atoms. The summed E-state index contributed by atoms with van der Waals surface area (Å²) < 4.78 is 0. The highest BCUT2D eigenvalue weighted by Crippen LogP contribution is 2.23. The van der Waals surface area contributed by atoms with Gasteiger partial charge in [0.15, 0.2) is 0 Å². The minimum Gasteiger partial charge on any atom is -0.361 e. The molecule has 122 valence electrons. The number of amides is 1. The Labute approximate surface area is 142 Å². The van der Waals surface area contributed by atoms with Crippen LogP contribution in [-0.4, -0.2) is 22.4 Å². The molecular weight excluding hydrogens is 330 g/mol. The van der Waals surface area contributed by atoms with Crippen LogP contribution in [0.2, 0.25) is 5.02 Å². The minimum absolute atomic E-state index is 0.00308. The lowest BCUT2D eigenvalue weighted by Crippen LogP contribution is -2.26. The maximum atomic E-state index is 12.2. The fourth-order valence-corrected chi connectivity index (χ4v) is 2.76. The molecule has 0 fully saturated rings. The number of aromatic nitrogens is 1. The molecule has 0 radical (unpaired) electrons. The Balaban J connectivity index is 1.69. The van der Waals surface area contributed by atoms with E-state index in [1.54, 1.807) is 0 Å². The number of hydrogen-bond acceptors (Lipinski definition) is 3. The predicted molar refractivity (Wildman–Crippen MR) is 92.4 cm³/mol. The van der Waals surface area contributed by atoms with E-state index in [0.29, 0.717) is 13.0 Å². The molecule has 3 aromatic rings. The molecule has 0 aliphatic heterocycles. The van der Waals surface area contributed by atoms with Crippen LogP contribution in [0.15, 0.2) is 48.7 Å². The summed E-state index contributed by atoms with van der Waals surface area (Å²) in [6.45, 7) is 0.375. The van der Waals surface area contributed by atoms with E-state index in [0.717, 1.165) is 16.5 Å². The van der Waals surface area contributed by atoms with E-state index in [1.165, 1.54) is 18.2 Å². The summed E-state index contributed by atoms with van der Waals surface area (Å²) in [4.78, 5) is 25.8. The summed E-state index contributed by atoms with van der Waals surface area (Å²) in [5.74, 6) is -0.488. The van der Waals surface area contributed by atoms with Crippen LogP contribution < -0.4 is 5.32 Å². The van der Waals surface area contributed by atoms with Crippen molar-refractivity contribution in [2.45, 2.75) is 6.42 Å². The number of nitrogens with zero attached hydrogens (tertiary/aromatic N) is 1. The van der Waals surface area contributed by atoms with Gasteiger partial charge in [-0.3, -0.25) is 14.9 Å². The topological polar surface area (TPSA) is 88.0 Å². The van der Waals surface area contributed by atoms with Crippen LogP contribution in [0, 0.1) is 10.1 Å². The number of benzene rings is 2. The standard InChI is InChI=1S/C17H14ClN3O3/c18-12-5-6-14(16(9-12)21(23)24)17(22)19-8-7-11-10-20-15-4-2-1-3-13(11)15/h1-6,9-10,20H,7-8H2,(H,19,22). The predicted octanol–water partition coefficient (Wildman–Crippen LogP) is 3.70. The number of para-hydroxylation sites is 1. The van der Waals surface area contributed by atoms with E-state index < -0.39 is 10.8 Å². The van der Waals surface area contributed by atoms with Crippen LogP contribution in [0.3, 0.4) is 0 Å². The third kappa shape index (κ3) is 3.23. The summed E-state index contributed by atoms with van der Waals surface area (Å²) >= 11 is 5.75. The number of carbonyl (C=O) groups excluding carboxylic acids is 1. The van der Waals surface area contributed by atoms with Gasteiger partial charge in [0.05, 0.1) is 4.92 Å². The van der Waals surface area contributed by atoms with Gasteiger partial charge in [0.1, 0.15) is 5.56 Å². The van der Waals surface area contributed by atoms with Crippen molar-refractivity contribution < 1.29 is 9.72 Å². The van der Waals surface area contributed by atoms with Crippen molar-refractivity contribution in [3.05, 3.63) is 74.9 Å². The lowest BCUT2D eigenvalue weighted by atomic mass is 10.1. The van der Waals surface area contributed by atoms with Crippen LogP contribution in [0.25, 0.3) is 10.9 Å². The Morgan fingerprint density at radius 1 is 1.25 bits per heavy atom. The molecule has 0 aliphatic rings. The van der Waals surface area contributed by atoms with Crippen molar-refractivity contribution in [1.82, 2.24) is 10.3 Å². The molecule has 0 saturated carbocycles. The number of carbonyl (C=O) groups is 1. The molecule has 2 N–H and O–H groups in total. The Hall–Kier alpha value is -2.86. The third-order valence-corrected chi connectivity index (χ3v) is 3.99. The van der Waals surface area contributed by atoms with Gasteiger partial charge in [-0.2, -0.15) is 0 Å². The van der Waals surface area contributed by atoms with Crippen molar-refractivity contribution in [3.63, 3.8) is 0 Å². The highest BCUT2D eigenvalue weighted by Gasteiger charge is 2.20. The summed E-state index contributed by atoms with van der Waals surface area (Å²) in [7, 11) is 0. The Morgan fingerprint density at radius 2 is 2.04 bits per heavy atom. The van der Waals surface area contributed by atoms with Gasteiger partial charge in [-0.25, -0.2) is 0 Å². The average molecular weight is 344 g/mol. The van der Waals surface area contributed by atoms with Crippen molar-refractivity contribution >= 4 is 34.1 Å². The molecular formula is C17H14ClN3O3. The molecule has 1 aromatic heterocycles. The molecule has 0 saturated heterocycles. The maximum absolute atomic E-state index is 12.2. The average Bonchev–Trinajstić information content (AvgIpc) is 2.98. The Kier molecular flexibility index (Phi) is 4.48. The normalized spacial score (nSPS) is 10.7. The van der Waals surface area contributed by atoms with E-state index in [-0.39, 0.29) is 16.3 Å². The number of nitro groups is 1. The van der Waals surface area contributed by atoms with Gasteiger partial charge in [0.25, 0.3) is 11.6 Å². The maximum Gasteiger partial charge on any atom is 0.283 e. The fraction of sp³-hybridized carbons (Fsp3) is 0.118. The second kappa shape index (κ2) is 6.72. The highest BCUT2D eigenvalue weighted by molar-refractivity contribution is 6.31. The summed E-state index contributed by atoms with van der Waals surface area (Å²) in [6, 6.07) is 11.9. The first-order valence-electron chi connectivity index (χ1n) is 7.33. The van der Waals surface area contributed by atoms with Crippen molar-refractivity contribution in [2.75, 3.05) is 6.54 Å². The zero-order chi connectivity index (χ0) is 17.1. The number of H-pyrrole nitrogens is 1. The van der Waals surface area contributed by atoms with Crippen LogP contribution in [0.1, 0.15) is 15.9 Å².